The number of aromatic nitrogens is 5. The third-order valence-electron chi connectivity index (χ3n) is 7.04. The van der Waals surface area contributed by atoms with Crippen molar-refractivity contribution in [3.05, 3.63) is 116 Å². The van der Waals surface area contributed by atoms with Crippen molar-refractivity contribution < 1.29 is 0 Å². The van der Waals surface area contributed by atoms with Gasteiger partial charge in [-0.05, 0) is 30.3 Å². The Morgan fingerprint density at radius 2 is 0.917 bits per heavy atom. The molecule has 0 radical (unpaired) electrons. The predicted octanol–water partition coefficient (Wildman–Crippen LogP) is 7.22. The second kappa shape index (κ2) is 7.23. The first-order valence-corrected chi connectivity index (χ1v) is 12.0. The summed E-state index contributed by atoms with van der Waals surface area (Å²) in [5.41, 5.74) is 5.19. The maximum absolute atomic E-state index is 5.27. The molecule has 0 fully saturated rings. The molecule has 8 rings (SSSR count). The van der Waals surface area contributed by atoms with Gasteiger partial charge in [-0.1, -0.05) is 72.8 Å². The molecule has 0 bridgehead atoms. The Morgan fingerprint density at radius 1 is 0.444 bits per heavy atom. The Balaban J connectivity index is 1.55. The molecule has 0 unspecified atom stereocenters. The van der Waals surface area contributed by atoms with Crippen molar-refractivity contribution in [1.29, 1.82) is 0 Å². The van der Waals surface area contributed by atoms with Gasteiger partial charge in [-0.3, -0.25) is 14.1 Å². The first kappa shape index (κ1) is 19.3. The zero-order valence-electron chi connectivity index (χ0n) is 19.2. The van der Waals surface area contributed by atoms with E-state index in [1.165, 1.54) is 21.5 Å². The van der Waals surface area contributed by atoms with Crippen LogP contribution in [-0.2, 0) is 0 Å². The molecule has 0 spiro atoms. The number of hydrogen-bond acceptors (Lipinski definition) is 3. The van der Waals surface area contributed by atoms with Crippen molar-refractivity contribution in [1.82, 2.24) is 24.1 Å². The number of benzene rings is 4. The molecule has 4 aromatic heterocycles. The highest BCUT2D eigenvalue weighted by molar-refractivity contribution is 6.11. The second-order valence-electron chi connectivity index (χ2n) is 8.98. The number of fused-ring (bicyclic) bond motifs is 7. The first-order valence-electron chi connectivity index (χ1n) is 12.0. The minimum Gasteiger partial charge on any atom is -0.293 e. The molecular formula is C31H19N5. The minimum absolute atomic E-state index is 0.629. The molecule has 0 atom stereocenters. The van der Waals surface area contributed by atoms with E-state index in [0.717, 1.165) is 38.8 Å². The van der Waals surface area contributed by atoms with Gasteiger partial charge in [0, 0.05) is 33.1 Å². The van der Waals surface area contributed by atoms with Gasteiger partial charge in [0.05, 0.1) is 33.8 Å². The van der Waals surface area contributed by atoms with Gasteiger partial charge < -0.3 is 0 Å². The summed E-state index contributed by atoms with van der Waals surface area (Å²) < 4.78 is 4.42. The fourth-order valence-corrected chi connectivity index (χ4v) is 5.51. The Morgan fingerprint density at radius 3 is 1.44 bits per heavy atom. The van der Waals surface area contributed by atoms with Crippen molar-refractivity contribution in [3.8, 4) is 11.8 Å². The standard InChI is InChI=1S/C31H19N5/c1-5-13-26-20(9-1)21-10-2-6-14-27(21)35(26)30-24-17-18-32-19-25(24)33-31(34-30)36-28-15-7-3-11-22(28)23-12-4-8-16-29(23)36/h1-19H. The summed E-state index contributed by atoms with van der Waals surface area (Å²) in [6.45, 7) is 0. The first-order chi connectivity index (χ1) is 17.9. The summed E-state index contributed by atoms with van der Waals surface area (Å²) in [4.78, 5) is 14.7. The molecule has 168 valence electrons. The highest BCUT2D eigenvalue weighted by atomic mass is 15.2. The van der Waals surface area contributed by atoms with Gasteiger partial charge >= 0.3 is 0 Å². The molecule has 4 heterocycles. The van der Waals surface area contributed by atoms with Crippen LogP contribution in [0.3, 0.4) is 0 Å². The van der Waals surface area contributed by atoms with Crippen LogP contribution in [0.15, 0.2) is 116 Å². The van der Waals surface area contributed by atoms with Gasteiger partial charge in [0.2, 0.25) is 5.95 Å². The summed E-state index contributed by atoms with van der Waals surface area (Å²) >= 11 is 0. The number of hydrogen-bond donors (Lipinski definition) is 0. The lowest BCUT2D eigenvalue weighted by molar-refractivity contribution is 0.970. The van der Waals surface area contributed by atoms with Crippen molar-refractivity contribution in [2.75, 3.05) is 0 Å². The Hall–Kier alpha value is -5.03. The Kier molecular flexibility index (Phi) is 3.88. The Labute approximate surface area is 205 Å². The van der Waals surface area contributed by atoms with Crippen molar-refractivity contribution in [2.45, 2.75) is 0 Å². The fraction of sp³-hybridized carbons (Fsp3) is 0. The van der Waals surface area contributed by atoms with Crippen LogP contribution in [0, 0.1) is 0 Å². The SMILES string of the molecule is c1ccc2c(c1)c1ccccc1n2-c1nc(-n2c3ccccc3c3ccccc32)c2ccncc2n1. The predicted molar refractivity (Wildman–Crippen MR) is 146 cm³/mol. The van der Waals surface area contributed by atoms with Gasteiger partial charge in [0.25, 0.3) is 0 Å². The van der Waals surface area contributed by atoms with Crippen LogP contribution in [-0.4, -0.2) is 24.1 Å². The van der Waals surface area contributed by atoms with Crippen molar-refractivity contribution in [3.63, 3.8) is 0 Å². The van der Waals surface area contributed by atoms with Gasteiger partial charge in [0.1, 0.15) is 0 Å². The molecule has 0 amide bonds. The van der Waals surface area contributed by atoms with Crippen LogP contribution in [0.4, 0.5) is 0 Å². The minimum atomic E-state index is 0.629. The molecule has 8 aromatic rings. The number of rotatable bonds is 2. The van der Waals surface area contributed by atoms with Crippen LogP contribution in [0.5, 0.6) is 0 Å². The molecule has 5 nitrogen and oxygen atoms in total. The summed E-state index contributed by atoms with van der Waals surface area (Å²) in [5.74, 6) is 1.47. The quantitative estimate of drug-likeness (QED) is 0.273. The largest absolute Gasteiger partial charge is 0.293 e. The molecule has 36 heavy (non-hydrogen) atoms. The zero-order chi connectivity index (χ0) is 23.6. The monoisotopic (exact) mass is 461 g/mol. The van der Waals surface area contributed by atoms with Crippen molar-refractivity contribution >= 4 is 54.5 Å². The lowest BCUT2D eigenvalue weighted by atomic mass is 10.2. The van der Waals surface area contributed by atoms with E-state index < -0.39 is 0 Å². The maximum Gasteiger partial charge on any atom is 0.237 e. The van der Waals surface area contributed by atoms with E-state index in [0.29, 0.717) is 5.95 Å². The molecule has 0 aliphatic heterocycles. The zero-order valence-corrected chi connectivity index (χ0v) is 19.2. The normalized spacial score (nSPS) is 11.9. The van der Waals surface area contributed by atoms with E-state index in [9.17, 15) is 0 Å². The Bertz CT molecular complexity index is 2010. The molecule has 0 N–H and O–H groups in total. The van der Waals surface area contributed by atoms with E-state index in [1.807, 2.05) is 18.5 Å². The van der Waals surface area contributed by atoms with E-state index in [1.54, 1.807) is 0 Å². The van der Waals surface area contributed by atoms with E-state index >= 15 is 0 Å². The van der Waals surface area contributed by atoms with Gasteiger partial charge in [-0.25, -0.2) is 4.98 Å². The topological polar surface area (TPSA) is 48.5 Å². The summed E-state index contributed by atoms with van der Waals surface area (Å²) in [6, 6.07) is 35.9. The molecule has 5 heteroatoms. The maximum atomic E-state index is 5.27. The number of nitrogens with zero attached hydrogens (tertiary/aromatic N) is 5. The molecule has 0 saturated carbocycles. The summed E-state index contributed by atoms with van der Waals surface area (Å²) in [6.07, 6.45) is 3.63. The van der Waals surface area contributed by atoms with Gasteiger partial charge in [0.15, 0.2) is 5.82 Å². The summed E-state index contributed by atoms with van der Waals surface area (Å²) in [5, 5.41) is 5.73. The van der Waals surface area contributed by atoms with E-state index in [2.05, 4.69) is 111 Å². The molecule has 4 aromatic carbocycles. The molecule has 0 aliphatic carbocycles. The molecule has 0 aliphatic rings. The van der Waals surface area contributed by atoms with Gasteiger partial charge in [-0.2, -0.15) is 4.98 Å². The van der Waals surface area contributed by atoms with Gasteiger partial charge in [-0.15, -0.1) is 0 Å². The summed E-state index contributed by atoms with van der Waals surface area (Å²) in [7, 11) is 0. The van der Waals surface area contributed by atoms with E-state index in [-0.39, 0.29) is 0 Å². The highest BCUT2D eigenvalue weighted by Gasteiger charge is 2.19. The lowest BCUT2D eigenvalue weighted by Gasteiger charge is -2.13. The van der Waals surface area contributed by atoms with Crippen LogP contribution >= 0.6 is 0 Å². The average Bonchev–Trinajstić information content (AvgIpc) is 3.46. The molecule has 0 saturated heterocycles. The van der Waals surface area contributed by atoms with Crippen molar-refractivity contribution in [2.24, 2.45) is 0 Å². The van der Waals surface area contributed by atoms with Crippen LogP contribution in [0.1, 0.15) is 0 Å². The lowest BCUT2D eigenvalue weighted by Crippen LogP contribution is -2.07. The average molecular weight is 462 g/mol. The van der Waals surface area contributed by atoms with Crippen LogP contribution < -0.4 is 0 Å². The van der Waals surface area contributed by atoms with Crippen LogP contribution in [0.25, 0.3) is 66.3 Å². The third-order valence-corrected chi connectivity index (χ3v) is 7.04. The smallest absolute Gasteiger partial charge is 0.237 e. The van der Waals surface area contributed by atoms with E-state index in [4.69, 9.17) is 9.97 Å². The third kappa shape index (κ3) is 2.57. The second-order valence-corrected chi connectivity index (χ2v) is 8.98. The number of para-hydroxylation sites is 4. The number of pyridine rings is 1. The molecular weight excluding hydrogens is 442 g/mol. The van der Waals surface area contributed by atoms with Crippen LogP contribution in [0.2, 0.25) is 0 Å². The fourth-order valence-electron chi connectivity index (χ4n) is 5.51. The highest BCUT2D eigenvalue weighted by Crippen LogP contribution is 2.35.